The summed E-state index contributed by atoms with van der Waals surface area (Å²) < 4.78 is 0. The van der Waals surface area contributed by atoms with Crippen LogP contribution < -0.4 is 16.0 Å². The molecule has 4 nitrogen and oxygen atoms in total. The Bertz CT molecular complexity index is 352. The van der Waals surface area contributed by atoms with Gasteiger partial charge in [0.15, 0.2) is 0 Å². The second kappa shape index (κ2) is 6.12. The van der Waals surface area contributed by atoms with Gasteiger partial charge in [0.05, 0.1) is 0 Å². The zero-order valence-corrected chi connectivity index (χ0v) is 9.86. The van der Waals surface area contributed by atoms with Crippen LogP contribution in [0.15, 0.2) is 24.3 Å². The van der Waals surface area contributed by atoms with E-state index in [0.29, 0.717) is 13.1 Å². The Hall–Kier alpha value is -1.55. The fourth-order valence-electron chi connectivity index (χ4n) is 1.36. The topological polar surface area (TPSA) is 58.4 Å². The molecule has 0 fully saturated rings. The normalized spacial score (nSPS) is 9.94. The largest absolute Gasteiger partial charge is 0.338 e. The fourth-order valence-corrected chi connectivity index (χ4v) is 1.36. The van der Waals surface area contributed by atoms with Crippen LogP contribution in [-0.4, -0.2) is 19.6 Å². The average molecular weight is 221 g/mol. The molecule has 88 valence electrons. The SMILES string of the molecule is CCCNC(=O)N(C)c1cccc(CN)c1. The first-order valence-corrected chi connectivity index (χ1v) is 5.49. The molecule has 2 amide bonds. The summed E-state index contributed by atoms with van der Waals surface area (Å²) >= 11 is 0. The molecule has 0 aromatic heterocycles. The molecule has 0 saturated heterocycles. The van der Waals surface area contributed by atoms with Gasteiger partial charge in [-0.3, -0.25) is 4.90 Å². The molecule has 3 N–H and O–H groups in total. The first-order valence-electron chi connectivity index (χ1n) is 5.49. The number of carbonyl (C=O) groups is 1. The molecule has 0 aliphatic heterocycles. The minimum atomic E-state index is -0.0870. The second-order valence-corrected chi connectivity index (χ2v) is 3.66. The third kappa shape index (κ3) is 3.24. The Morgan fingerprint density at radius 1 is 1.50 bits per heavy atom. The van der Waals surface area contributed by atoms with E-state index in [-0.39, 0.29) is 6.03 Å². The zero-order valence-electron chi connectivity index (χ0n) is 9.86. The van der Waals surface area contributed by atoms with Crippen molar-refractivity contribution in [3.63, 3.8) is 0 Å². The third-order valence-electron chi connectivity index (χ3n) is 2.36. The van der Waals surface area contributed by atoms with E-state index >= 15 is 0 Å². The van der Waals surface area contributed by atoms with Gasteiger partial charge >= 0.3 is 6.03 Å². The molecular weight excluding hydrogens is 202 g/mol. The number of anilines is 1. The molecule has 0 radical (unpaired) electrons. The van der Waals surface area contributed by atoms with Crippen LogP contribution >= 0.6 is 0 Å². The molecule has 1 aromatic rings. The molecule has 4 heteroatoms. The molecule has 1 aromatic carbocycles. The van der Waals surface area contributed by atoms with Crippen molar-refractivity contribution in [3.8, 4) is 0 Å². The number of amides is 2. The van der Waals surface area contributed by atoms with Crippen LogP contribution in [0, 0.1) is 0 Å². The quantitative estimate of drug-likeness (QED) is 0.813. The summed E-state index contributed by atoms with van der Waals surface area (Å²) in [7, 11) is 1.75. The molecule has 0 aliphatic rings. The highest BCUT2D eigenvalue weighted by Gasteiger charge is 2.09. The minimum Gasteiger partial charge on any atom is -0.338 e. The highest BCUT2D eigenvalue weighted by molar-refractivity contribution is 5.91. The number of hydrogen-bond donors (Lipinski definition) is 2. The van der Waals surface area contributed by atoms with Crippen molar-refractivity contribution in [1.82, 2.24) is 5.32 Å². The van der Waals surface area contributed by atoms with Crippen molar-refractivity contribution in [3.05, 3.63) is 29.8 Å². The zero-order chi connectivity index (χ0) is 12.0. The number of hydrogen-bond acceptors (Lipinski definition) is 2. The maximum Gasteiger partial charge on any atom is 0.321 e. The van der Waals surface area contributed by atoms with Gasteiger partial charge in [-0.25, -0.2) is 4.79 Å². The van der Waals surface area contributed by atoms with Gasteiger partial charge in [0.1, 0.15) is 0 Å². The number of carbonyl (C=O) groups excluding carboxylic acids is 1. The summed E-state index contributed by atoms with van der Waals surface area (Å²) in [4.78, 5) is 13.3. The smallest absolute Gasteiger partial charge is 0.321 e. The first-order chi connectivity index (χ1) is 7.69. The van der Waals surface area contributed by atoms with Crippen molar-refractivity contribution < 1.29 is 4.79 Å². The van der Waals surface area contributed by atoms with Gasteiger partial charge in [-0.15, -0.1) is 0 Å². The van der Waals surface area contributed by atoms with E-state index in [1.165, 1.54) is 0 Å². The van der Waals surface area contributed by atoms with Gasteiger partial charge < -0.3 is 11.1 Å². The maximum absolute atomic E-state index is 11.7. The highest BCUT2D eigenvalue weighted by atomic mass is 16.2. The number of nitrogens with one attached hydrogen (secondary N) is 1. The van der Waals surface area contributed by atoms with Crippen LogP contribution in [0.1, 0.15) is 18.9 Å². The van der Waals surface area contributed by atoms with Gasteiger partial charge in [-0.05, 0) is 24.1 Å². The molecule has 0 atom stereocenters. The lowest BCUT2D eigenvalue weighted by Gasteiger charge is -2.18. The Kier molecular flexibility index (Phi) is 4.79. The number of urea groups is 1. The fraction of sp³-hybridized carbons (Fsp3) is 0.417. The van der Waals surface area contributed by atoms with Gasteiger partial charge in [-0.2, -0.15) is 0 Å². The lowest BCUT2D eigenvalue weighted by atomic mass is 10.2. The summed E-state index contributed by atoms with van der Waals surface area (Å²) in [5.41, 5.74) is 7.43. The lowest BCUT2D eigenvalue weighted by Crippen LogP contribution is -2.37. The van der Waals surface area contributed by atoms with Gasteiger partial charge in [0, 0.05) is 25.8 Å². The van der Waals surface area contributed by atoms with E-state index in [1.807, 2.05) is 31.2 Å². The summed E-state index contributed by atoms with van der Waals surface area (Å²) in [6.45, 7) is 3.20. The molecule has 0 aliphatic carbocycles. The average Bonchev–Trinajstić information content (AvgIpc) is 2.35. The summed E-state index contributed by atoms with van der Waals surface area (Å²) in [6, 6.07) is 7.58. The molecule has 0 heterocycles. The van der Waals surface area contributed by atoms with E-state index < -0.39 is 0 Å². The minimum absolute atomic E-state index is 0.0870. The molecular formula is C12H19N3O. The number of rotatable bonds is 4. The molecule has 0 spiro atoms. The van der Waals surface area contributed by atoms with Crippen LogP contribution in [0.2, 0.25) is 0 Å². The Morgan fingerprint density at radius 2 is 2.25 bits per heavy atom. The molecule has 16 heavy (non-hydrogen) atoms. The van der Waals surface area contributed by atoms with Crippen molar-refractivity contribution in [2.45, 2.75) is 19.9 Å². The summed E-state index contributed by atoms with van der Waals surface area (Å²) in [5, 5.41) is 2.82. The van der Waals surface area contributed by atoms with Crippen LogP contribution in [0.25, 0.3) is 0 Å². The van der Waals surface area contributed by atoms with E-state index in [2.05, 4.69) is 5.32 Å². The molecule has 0 saturated carbocycles. The first kappa shape index (κ1) is 12.5. The van der Waals surface area contributed by atoms with Crippen LogP contribution in [0.3, 0.4) is 0 Å². The lowest BCUT2D eigenvalue weighted by molar-refractivity contribution is 0.247. The molecule has 0 unspecified atom stereocenters. The number of nitrogens with two attached hydrogens (primary N) is 1. The number of nitrogens with zero attached hydrogens (tertiary/aromatic N) is 1. The van der Waals surface area contributed by atoms with E-state index in [1.54, 1.807) is 11.9 Å². The summed E-state index contributed by atoms with van der Waals surface area (Å²) in [5.74, 6) is 0. The van der Waals surface area contributed by atoms with E-state index in [0.717, 1.165) is 17.7 Å². The van der Waals surface area contributed by atoms with Crippen molar-refractivity contribution in [2.75, 3.05) is 18.5 Å². The Morgan fingerprint density at radius 3 is 2.88 bits per heavy atom. The molecule has 0 bridgehead atoms. The second-order valence-electron chi connectivity index (χ2n) is 3.66. The van der Waals surface area contributed by atoms with Crippen molar-refractivity contribution >= 4 is 11.7 Å². The highest BCUT2D eigenvalue weighted by Crippen LogP contribution is 2.14. The van der Waals surface area contributed by atoms with Crippen molar-refractivity contribution in [2.24, 2.45) is 5.73 Å². The maximum atomic E-state index is 11.7. The van der Waals surface area contributed by atoms with Gasteiger partial charge in [0.25, 0.3) is 0 Å². The van der Waals surface area contributed by atoms with Crippen molar-refractivity contribution in [1.29, 1.82) is 0 Å². The van der Waals surface area contributed by atoms with Gasteiger partial charge in [0.2, 0.25) is 0 Å². The Balaban J connectivity index is 2.71. The van der Waals surface area contributed by atoms with Gasteiger partial charge in [-0.1, -0.05) is 19.1 Å². The molecule has 1 rings (SSSR count). The number of benzene rings is 1. The third-order valence-corrected chi connectivity index (χ3v) is 2.36. The predicted octanol–water partition coefficient (Wildman–Crippen LogP) is 1.70. The monoisotopic (exact) mass is 221 g/mol. The summed E-state index contributed by atoms with van der Waals surface area (Å²) in [6.07, 6.45) is 0.933. The van der Waals surface area contributed by atoms with Crippen LogP contribution in [-0.2, 0) is 6.54 Å². The van der Waals surface area contributed by atoms with E-state index in [9.17, 15) is 4.79 Å². The standard InChI is InChI=1S/C12H19N3O/c1-3-7-14-12(16)15(2)11-6-4-5-10(8-11)9-13/h4-6,8H,3,7,9,13H2,1-2H3,(H,14,16). The van der Waals surface area contributed by atoms with Crippen LogP contribution in [0.5, 0.6) is 0 Å². The van der Waals surface area contributed by atoms with E-state index in [4.69, 9.17) is 5.73 Å². The van der Waals surface area contributed by atoms with Crippen LogP contribution in [0.4, 0.5) is 10.5 Å². The predicted molar refractivity (Wildman–Crippen MR) is 66.4 cm³/mol. The Labute approximate surface area is 96.4 Å².